The van der Waals surface area contributed by atoms with E-state index in [9.17, 15) is 24.6 Å². The van der Waals surface area contributed by atoms with Gasteiger partial charge in [0.15, 0.2) is 5.78 Å². The van der Waals surface area contributed by atoms with Crippen LogP contribution in [0.2, 0.25) is 0 Å². The third-order valence-electron chi connectivity index (χ3n) is 6.19. The van der Waals surface area contributed by atoms with Crippen molar-refractivity contribution in [3.8, 4) is 23.0 Å². The number of rotatable bonds is 17. The summed E-state index contributed by atoms with van der Waals surface area (Å²) in [5.41, 5.74) is 2.31. The van der Waals surface area contributed by atoms with E-state index in [2.05, 4.69) is 4.98 Å². The van der Waals surface area contributed by atoms with E-state index in [1.165, 1.54) is 13.0 Å². The predicted octanol–water partition coefficient (Wildman–Crippen LogP) is 5.39. The quantitative estimate of drug-likeness (QED) is 0.162. The molecule has 2 N–H and O–H groups in total. The van der Waals surface area contributed by atoms with Gasteiger partial charge in [0, 0.05) is 24.0 Å². The summed E-state index contributed by atoms with van der Waals surface area (Å²) in [7, 11) is 1.54. The van der Waals surface area contributed by atoms with Gasteiger partial charge in [0.2, 0.25) is 0 Å². The van der Waals surface area contributed by atoms with Crippen molar-refractivity contribution < 1.29 is 43.5 Å². The first-order valence-corrected chi connectivity index (χ1v) is 13.4. The summed E-state index contributed by atoms with van der Waals surface area (Å²) in [6.45, 7) is 4.21. The molecule has 0 spiro atoms. The Kier molecular flexibility index (Phi) is 11.5. The summed E-state index contributed by atoms with van der Waals surface area (Å²) in [5.74, 6) is -0.0374. The molecule has 0 atom stereocenters. The van der Waals surface area contributed by atoms with Gasteiger partial charge in [-0.2, -0.15) is 0 Å². The second-order valence-electron chi connectivity index (χ2n) is 9.21. The van der Waals surface area contributed by atoms with E-state index in [0.29, 0.717) is 65.9 Å². The van der Waals surface area contributed by atoms with Gasteiger partial charge in [-0.1, -0.05) is 25.5 Å². The van der Waals surface area contributed by atoms with Crippen LogP contribution in [0.3, 0.4) is 0 Å². The fourth-order valence-corrected chi connectivity index (χ4v) is 4.29. The number of aromatic nitrogens is 1. The Hall–Kier alpha value is -4.60. The first kappa shape index (κ1) is 30.9. The van der Waals surface area contributed by atoms with Crippen LogP contribution in [-0.4, -0.2) is 53.2 Å². The molecule has 41 heavy (non-hydrogen) atoms. The lowest BCUT2D eigenvalue weighted by Gasteiger charge is -2.18. The smallest absolute Gasteiger partial charge is 0.354 e. The van der Waals surface area contributed by atoms with Gasteiger partial charge >= 0.3 is 11.9 Å². The standard InChI is InChI=1S/C31H35NO9/c1-4-8-24-28(15-13-22(20(2)33)30(24)38-3)40-18-7-17-39-26-11-6-12-27(23(26)14-16-29(34)35)41-19-21-9-5-10-25(32-21)31(36)37/h5-6,9-13,15H,4,7-8,14,16-19H2,1-3H3,(H,34,35)(H,36,37). The Morgan fingerprint density at radius 1 is 0.829 bits per heavy atom. The molecule has 0 amide bonds. The molecule has 10 nitrogen and oxygen atoms in total. The minimum Gasteiger partial charge on any atom is -0.496 e. The first-order valence-electron chi connectivity index (χ1n) is 13.4. The number of aromatic carboxylic acids is 1. The molecular formula is C31H35NO9. The number of Topliss-reactive ketones (excluding diaryl/α,β-unsaturated/α-hetero) is 1. The van der Waals surface area contributed by atoms with E-state index in [1.54, 1.807) is 49.6 Å². The summed E-state index contributed by atoms with van der Waals surface area (Å²) < 4.78 is 23.5. The molecular weight excluding hydrogens is 530 g/mol. The van der Waals surface area contributed by atoms with Gasteiger partial charge < -0.3 is 29.2 Å². The maximum atomic E-state index is 12.0. The molecule has 2 aromatic carbocycles. The summed E-state index contributed by atoms with van der Waals surface area (Å²) in [5, 5.41) is 18.4. The van der Waals surface area contributed by atoms with Gasteiger partial charge in [-0.3, -0.25) is 9.59 Å². The van der Waals surface area contributed by atoms with Crippen LogP contribution in [0.15, 0.2) is 48.5 Å². The number of ether oxygens (including phenoxy) is 4. The van der Waals surface area contributed by atoms with Crippen LogP contribution in [-0.2, 0) is 24.2 Å². The number of benzene rings is 2. The molecule has 0 saturated heterocycles. The molecule has 1 aromatic heterocycles. The molecule has 0 bridgehead atoms. The molecule has 1 heterocycles. The number of ketones is 1. The van der Waals surface area contributed by atoms with Gasteiger partial charge in [0.05, 0.1) is 31.6 Å². The van der Waals surface area contributed by atoms with Crippen LogP contribution >= 0.6 is 0 Å². The third-order valence-corrected chi connectivity index (χ3v) is 6.19. The summed E-state index contributed by atoms with van der Waals surface area (Å²) in [6.07, 6.45) is 2.16. The first-order chi connectivity index (χ1) is 19.7. The topological polar surface area (TPSA) is 141 Å². The highest BCUT2D eigenvalue weighted by Crippen LogP contribution is 2.34. The minimum atomic E-state index is -1.14. The van der Waals surface area contributed by atoms with E-state index in [0.717, 1.165) is 12.0 Å². The molecule has 3 rings (SSSR count). The lowest BCUT2D eigenvalue weighted by molar-refractivity contribution is -0.136. The Bertz CT molecular complexity index is 1370. The normalized spacial score (nSPS) is 10.6. The van der Waals surface area contributed by atoms with Gasteiger partial charge in [-0.05, 0) is 56.2 Å². The van der Waals surface area contributed by atoms with Crippen molar-refractivity contribution >= 4 is 17.7 Å². The fraction of sp³-hybridized carbons (Fsp3) is 0.355. The molecule has 0 fully saturated rings. The van der Waals surface area contributed by atoms with Crippen LogP contribution in [0.1, 0.15) is 70.8 Å². The van der Waals surface area contributed by atoms with E-state index in [-0.39, 0.29) is 30.9 Å². The average Bonchev–Trinajstić information content (AvgIpc) is 2.95. The maximum absolute atomic E-state index is 12.0. The Morgan fingerprint density at radius 2 is 1.49 bits per heavy atom. The zero-order valence-electron chi connectivity index (χ0n) is 23.5. The number of methoxy groups -OCH3 is 1. The summed E-state index contributed by atoms with van der Waals surface area (Å²) in [4.78, 5) is 38.6. The molecule has 0 aliphatic heterocycles. The molecule has 0 radical (unpaired) electrons. The van der Waals surface area contributed by atoms with Crippen molar-refractivity contribution in [3.05, 3.63) is 76.6 Å². The highest BCUT2D eigenvalue weighted by molar-refractivity contribution is 5.97. The zero-order valence-corrected chi connectivity index (χ0v) is 23.5. The highest BCUT2D eigenvalue weighted by atomic mass is 16.5. The molecule has 0 aliphatic rings. The predicted molar refractivity (Wildman–Crippen MR) is 151 cm³/mol. The Labute approximate surface area is 238 Å². The van der Waals surface area contributed by atoms with E-state index in [4.69, 9.17) is 18.9 Å². The molecule has 0 saturated carbocycles. The summed E-state index contributed by atoms with van der Waals surface area (Å²) >= 11 is 0. The van der Waals surface area contributed by atoms with Gasteiger partial charge in [-0.15, -0.1) is 0 Å². The van der Waals surface area contributed by atoms with Crippen molar-refractivity contribution in [2.45, 2.75) is 52.6 Å². The fourth-order valence-electron chi connectivity index (χ4n) is 4.29. The van der Waals surface area contributed by atoms with Crippen LogP contribution in [0.4, 0.5) is 0 Å². The lowest BCUT2D eigenvalue weighted by Crippen LogP contribution is -2.10. The number of carbonyl (C=O) groups excluding carboxylic acids is 1. The molecule has 218 valence electrons. The second kappa shape index (κ2) is 15.3. The van der Waals surface area contributed by atoms with Crippen LogP contribution in [0, 0.1) is 0 Å². The van der Waals surface area contributed by atoms with Gasteiger partial charge in [0.1, 0.15) is 35.3 Å². The average molecular weight is 566 g/mol. The number of nitrogens with zero attached hydrogens (tertiary/aromatic N) is 1. The number of hydrogen-bond donors (Lipinski definition) is 2. The second-order valence-corrected chi connectivity index (χ2v) is 9.21. The van der Waals surface area contributed by atoms with Crippen LogP contribution in [0.5, 0.6) is 23.0 Å². The lowest BCUT2D eigenvalue weighted by atomic mass is 10.0. The number of pyridine rings is 1. The van der Waals surface area contributed by atoms with E-state index >= 15 is 0 Å². The third kappa shape index (κ3) is 8.69. The van der Waals surface area contributed by atoms with Crippen molar-refractivity contribution in [1.82, 2.24) is 4.98 Å². The van der Waals surface area contributed by atoms with E-state index < -0.39 is 11.9 Å². The van der Waals surface area contributed by atoms with Crippen LogP contribution < -0.4 is 18.9 Å². The zero-order chi connectivity index (χ0) is 29.8. The molecule has 0 unspecified atom stereocenters. The molecule has 0 aliphatic carbocycles. The Balaban J connectivity index is 1.67. The number of aliphatic carboxylic acids is 1. The summed E-state index contributed by atoms with van der Waals surface area (Å²) in [6, 6.07) is 13.3. The number of hydrogen-bond acceptors (Lipinski definition) is 8. The molecule has 10 heteroatoms. The van der Waals surface area contributed by atoms with Crippen molar-refractivity contribution in [1.29, 1.82) is 0 Å². The number of carbonyl (C=O) groups is 3. The largest absolute Gasteiger partial charge is 0.496 e. The van der Waals surface area contributed by atoms with Crippen molar-refractivity contribution in [3.63, 3.8) is 0 Å². The minimum absolute atomic E-state index is 0.00442. The molecule has 3 aromatic rings. The van der Waals surface area contributed by atoms with Crippen molar-refractivity contribution in [2.24, 2.45) is 0 Å². The number of carboxylic acid groups (broad SMARTS) is 2. The monoisotopic (exact) mass is 565 g/mol. The number of carboxylic acids is 2. The van der Waals surface area contributed by atoms with Gasteiger partial charge in [0.25, 0.3) is 0 Å². The Morgan fingerprint density at radius 3 is 2.10 bits per heavy atom. The van der Waals surface area contributed by atoms with Crippen LogP contribution in [0.25, 0.3) is 0 Å². The maximum Gasteiger partial charge on any atom is 0.354 e. The SMILES string of the molecule is CCCc1c(OCCCOc2cccc(OCc3cccc(C(=O)O)n3)c2CCC(=O)O)ccc(C(C)=O)c1OC. The van der Waals surface area contributed by atoms with Gasteiger partial charge in [-0.25, -0.2) is 9.78 Å². The van der Waals surface area contributed by atoms with E-state index in [1.807, 2.05) is 6.92 Å². The highest BCUT2D eigenvalue weighted by Gasteiger charge is 2.18. The van der Waals surface area contributed by atoms with Crippen molar-refractivity contribution in [2.75, 3.05) is 20.3 Å².